The van der Waals surface area contributed by atoms with Gasteiger partial charge in [0.25, 0.3) is 5.91 Å². The third-order valence-corrected chi connectivity index (χ3v) is 3.82. The van der Waals surface area contributed by atoms with E-state index >= 15 is 0 Å². The van der Waals surface area contributed by atoms with E-state index in [4.69, 9.17) is 0 Å². The standard InChI is InChI=1S/C15H24N2O/c1-7-15(3,4)17(6)14(18)13-9-8-12(16-5)10-11(13)2/h8-10,16H,7H2,1-6H3. The highest BCUT2D eigenvalue weighted by Crippen LogP contribution is 2.22. The number of aryl methyl sites for hydroxylation is 1. The van der Waals surface area contributed by atoms with Gasteiger partial charge in [0.05, 0.1) is 0 Å². The zero-order valence-corrected chi connectivity index (χ0v) is 12.3. The molecule has 18 heavy (non-hydrogen) atoms. The molecule has 0 radical (unpaired) electrons. The van der Waals surface area contributed by atoms with Crippen molar-refractivity contribution < 1.29 is 4.79 Å². The molecule has 0 saturated carbocycles. The van der Waals surface area contributed by atoms with E-state index in [0.717, 1.165) is 23.2 Å². The number of anilines is 1. The predicted octanol–water partition coefficient (Wildman–Crippen LogP) is 3.30. The monoisotopic (exact) mass is 248 g/mol. The fourth-order valence-corrected chi connectivity index (χ4v) is 1.75. The topological polar surface area (TPSA) is 32.3 Å². The molecule has 0 saturated heterocycles. The largest absolute Gasteiger partial charge is 0.388 e. The Labute approximate surface area is 110 Å². The van der Waals surface area contributed by atoms with Crippen molar-refractivity contribution in [3.8, 4) is 0 Å². The molecule has 1 N–H and O–H groups in total. The van der Waals surface area contributed by atoms with Gasteiger partial charge in [-0.05, 0) is 51.0 Å². The van der Waals surface area contributed by atoms with Crippen LogP contribution in [0.3, 0.4) is 0 Å². The fourth-order valence-electron chi connectivity index (χ4n) is 1.75. The van der Waals surface area contributed by atoms with Crippen LogP contribution in [0.2, 0.25) is 0 Å². The van der Waals surface area contributed by atoms with Crippen molar-refractivity contribution in [2.75, 3.05) is 19.4 Å². The summed E-state index contributed by atoms with van der Waals surface area (Å²) in [5.74, 6) is 0.0852. The highest BCUT2D eigenvalue weighted by Gasteiger charge is 2.27. The number of carbonyl (C=O) groups is 1. The predicted molar refractivity (Wildman–Crippen MR) is 77.2 cm³/mol. The van der Waals surface area contributed by atoms with Crippen LogP contribution in [-0.2, 0) is 0 Å². The van der Waals surface area contributed by atoms with Crippen LogP contribution in [0.5, 0.6) is 0 Å². The Hall–Kier alpha value is -1.51. The number of benzene rings is 1. The van der Waals surface area contributed by atoms with E-state index in [0.29, 0.717) is 0 Å². The van der Waals surface area contributed by atoms with Gasteiger partial charge in [-0.25, -0.2) is 0 Å². The van der Waals surface area contributed by atoms with Crippen molar-refractivity contribution in [3.63, 3.8) is 0 Å². The Morgan fingerprint density at radius 1 is 1.39 bits per heavy atom. The molecule has 1 rings (SSSR count). The zero-order valence-electron chi connectivity index (χ0n) is 12.3. The summed E-state index contributed by atoms with van der Waals surface area (Å²) in [6, 6.07) is 5.83. The molecule has 0 heterocycles. The van der Waals surface area contributed by atoms with E-state index in [1.807, 2.05) is 44.1 Å². The van der Waals surface area contributed by atoms with Crippen molar-refractivity contribution in [2.45, 2.75) is 39.7 Å². The first-order chi connectivity index (χ1) is 8.33. The van der Waals surface area contributed by atoms with Crippen LogP contribution in [0.4, 0.5) is 5.69 Å². The fraction of sp³-hybridized carbons (Fsp3) is 0.533. The lowest BCUT2D eigenvalue weighted by molar-refractivity contribution is 0.0619. The van der Waals surface area contributed by atoms with Gasteiger partial charge in [-0.15, -0.1) is 0 Å². The molecule has 1 aromatic carbocycles. The van der Waals surface area contributed by atoms with Crippen LogP contribution in [-0.4, -0.2) is 30.4 Å². The highest BCUT2D eigenvalue weighted by atomic mass is 16.2. The Balaban J connectivity index is 3.04. The van der Waals surface area contributed by atoms with E-state index in [9.17, 15) is 4.79 Å². The molecule has 0 atom stereocenters. The third-order valence-electron chi connectivity index (χ3n) is 3.82. The summed E-state index contributed by atoms with van der Waals surface area (Å²) in [7, 11) is 3.75. The lowest BCUT2D eigenvalue weighted by atomic mass is 9.97. The maximum absolute atomic E-state index is 12.5. The van der Waals surface area contributed by atoms with Gasteiger partial charge in [0.1, 0.15) is 0 Å². The van der Waals surface area contributed by atoms with Crippen LogP contribution in [0.1, 0.15) is 43.1 Å². The number of rotatable bonds is 4. The van der Waals surface area contributed by atoms with E-state index in [2.05, 4.69) is 26.1 Å². The maximum atomic E-state index is 12.5. The van der Waals surface area contributed by atoms with Crippen molar-refractivity contribution in [1.82, 2.24) is 4.90 Å². The summed E-state index contributed by atoms with van der Waals surface area (Å²) < 4.78 is 0. The Kier molecular flexibility index (Phi) is 4.38. The lowest BCUT2D eigenvalue weighted by Crippen LogP contribution is -2.44. The summed E-state index contributed by atoms with van der Waals surface area (Å²) in [5.41, 5.74) is 2.69. The first-order valence-electron chi connectivity index (χ1n) is 6.40. The molecule has 0 aliphatic carbocycles. The Bertz CT molecular complexity index is 438. The molecule has 3 nitrogen and oxygen atoms in total. The van der Waals surface area contributed by atoms with Crippen molar-refractivity contribution in [1.29, 1.82) is 0 Å². The normalized spacial score (nSPS) is 11.2. The first kappa shape index (κ1) is 14.6. The molecule has 0 bridgehead atoms. The number of hydrogen-bond acceptors (Lipinski definition) is 2. The van der Waals surface area contributed by atoms with Crippen LogP contribution >= 0.6 is 0 Å². The quantitative estimate of drug-likeness (QED) is 0.886. The Morgan fingerprint density at radius 3 is 2.44 bits per heavy atom. The molecule has 0 fully saturated rings. The third kappa shape index (κ3) is 2.84. The van der Waals surface area contributed by atoms with E-state index in [1.54, 1.807) is 0 Å². The van der Waals surface area contributed by atoms with E-state index in [1.165, 1.54) is 0 Å². The summed E-state index contributed by atoms with van der Waals surface area (Å²) in [5, 5.41) is 3.08. The Morgan fingerprint density at radius 2 is 2.00 bits per heavy atom. The molecule has 1 amide bonds. The number of nitrogens with one attached hydrogen (secondary N) is 1. The average molecular weight is 248 g/mol. The van der Waals surface area contributed by atoms with Crippen LogP contribution in [0.15, 0.2) is 18.2 Å². The zero-order chi connectivity index (χ0) is 13.9. The van der Waals surface area contributed by atoms with Crippen LogP contribution < -0.4 is 5.32 Å². The molecule has 0 aromatic heterocycles. The second-order valence-corrected chi connectivity index (χ2v) is 5.31. The molecule has 3 heteroatoms. The number of hydrogen-bond donors (Lipinski definition) is 1. The van der Waals surface area contributed by atoms with Crippen molar-refractivity contribution in [3.05, 3.63) is 29.3 Å². The number of carbonyl (C=O) groups excluding carboxylic acids is 1. The van der Waals surface area contributed by atoms with Gasteiger partial charge in [0.15, 0.2) is 0 Å². The van der Waals surface area contributed by atoms with Gasteiger partial charge >= 0.3 is 0 Å². The minimum absolute atomic E-state index is 0.0852. The summed E-state index contributed by atoms with van der Waals surface area (Å²) in [6.07, 6.45) is 0.933. The minimum Gasteiger partial charge on any atom is -0.388 e. The molecular weight excluding hydrogens is 224 g/mol. The molecule has 100 valence electrons. The van der Waals surface area contributed by atoms with E-state index in [-0.39, 0.29) is 11.4 Å². The molecule has 0 unspecified atom stereocenters. The maximum Gasteiger partial charge on any atom is 0.254 e. The van der Waals surface area contributed by atoms with Gasteiger partial charge in [0, 0.05) is 30.9 Å². The lowest BCUT2D eigenvalue weighted by Gasteiger charge is -2.35. The smallest absolute Gasteiger partial charge is 0.254 e. The summed E-state index contributed by atoms with van der Waals surface area (Å²) in [6.45, 7) is 8.24. The van der Waals surface area contributed by atoms with Crippen LogP contribution in [0, 0.1) is 6.92 Å². The SMILES string of the molecule is CCC(C)(C)N(C)C(=O)c1ccc(NC)cc1C. The first-order valence-corrected chi connectivity index (χ1v) is 6.40. The molecule has 1 aromatic rings. The van der Waals surface area contributed by atoms with Crippen LogP contribution in [0.25, 0.3) is 0 Å². The molecule has 0 spiro atoms. The minimum atomic E-state index is -0.120. The summed E-state index contributed by atoms with van der Waals surface area (Å²) >= 11 is 0. The van der Waals surface area contributed by atoms with Crippen molar-refractivity contribution in [2.24, 2.45) is 0 Å². The molecular formula is C15H24N2O. The highest BCUT2D eigenvalue weighted by molar-refractivity contribution is 5.96. The molecule has 0 aliphatic heterocycles. The van der Waals surface area contributed by atoms with Gasteiger partial charge < -0.3 is 10.2 Å². The van der Waals surface area contributed by atoms with Crippen molar-refractivity contribution >= 4 is 11.6 Å². The second kappa shape index (κ2) is 5.42. The van der Waals surface area contributed by atoms with Gasteiger partial charge in [-0.3, -0.25) is 4.79 Å². The number of nitrogens with zero attached hydrogens (tertiary/aromatic N) is 1. The summed E-state index contributed by atoms with van der Waals surface area (Å²) in [4.78, 5) is 14.3. The van der Waals surface area contributed by atoms with Gasteiger partial charge in [-0.2, -0.15) is 0 Å². The number of amides is 1. The van der Waals surface area contributed by atoms with Gasteiger partial charge in [-0.1, -0.05) is 6.92 Å². The van der Waals surface area contributed by atoms with Gasteiger partial charge in [0.2, 0.25) is 0 Å². The van der Waals surface area contributed by atoms with E-state index < -0.39 is 0 Å². The second-order valence-electron chi connectivity index (χ2n) is 5.31. The average Bonchev–Trinajstić information content (AvgIpc) is 2.36. The molecule has 0 aliphatic rings.